The molecular formula is C42H38N4SSi2. The van der Waals surface area contributed by atoms with E-state index in [1.807, 2.05) is 36.3 Å². The number of hydrogen-bond donors (Lipinski definition) is 0. The Labute approximate surface area is 292 Å². The molecule has 7 heteroatoms. The molecule has 5 aromatic carbocycles. The summed E-state index contributed by atoms with van der Waals surface area (Å²) in [6.45, 7) is 15.1. The van der Waals surface area contributed by atoms with Gasteiger partial charge < -0.3 is 0 Å². The lowest BCUT2D eigenvalue weighted by atomic mass is 10.0. The van der Waals surface area contributed by atoms with E-state index in [9.17, 15) is 0 Å². The largest absolute Gasteiger partial charge is 0.294 e. The molecule has 0 N–H and O–H groups in total. The normalized spacial score (nSPS) is 12.8. The fraction of sp³-hybridized carbons (Fsp3) is 0.143. The molecular weight excluding hydrogens is 649 g/mol. The number of benzene rings is 5. The molecule has 0 aliphatic heterocycles. The summed E-state index contributed by atoms with van der Waals surface area (Å²) in [6.07, 6.45) is 3.78. The number of pyridine rings is 2. The second-order valence-corrected chi connectivity index (χ2v) is 26.3. The molecule has 4 heterocycles. The van der Waals surface area contributed by atoms with Gasteiger partial charge in [0.15, 0.2) is 0 Å². The minimum absolute atomic E-state index is 0.932. The number of nitrogens with zero attached hydrogens (tertiary/aromatic N) is 4. The van der Waals surface area contributed by atoms with Crippen molar-refractivity contribution in [1.82, 2.24) is 19.1 Å². The first kappa shape index (κ1) is 30.4. The molecule has 0 unspecified atom stereocenters. The molecule has 0 radical (unpaired) electrons. The van der Waals surface area contributed by atoms with E-state index in [1.54, 1.807) is 10.4 Å². The van der Waals surface area contributed by atoms with Crippen LogP contribution in [0.3, 0.4) is 0 Å². The van der Waals surface area contributed by atoms with Crippen LogP contribution in [0.1, 0.15) is 0 Å². The lowest BCUT2D eigenvalue weighted by Crippen LogP contribution is -2.56. The van der Waals surface area contributed by atoms with Crippen LogP contribution >= 0.6 is 11.8 Å². The lowest BCUT2D eigenvalue weighted by Gasteiger charge is -2.31. The van der Waals surface area contributed by atoms with Gasteiger partial charge in [0.05, 0.1) is 38.2 Å². The highest BCUT2D eigenvalue weighted by Gasteiger charge is 2.34. The minimum Gasteiger partial charge on any atom is -0.294 e. The van der Waals surface area contributed by atoms with Crippen LogP contribution in [-0.2, 0) is 0 Å². The minimum atomic E-state index is -1.80. The molecule has 240 valence electrons. The van der Waals surface area contributed by atoms with Gasteiger partial charge in [-0.2, -0.15) is 0 Å². The highest BCUT2D eigenvalue weighted by atomic mass is 32.2. The van der Waals surface area contributed by atoms with Crippen molar-refractivity contribution in [2.75, 3.05) is 0 Å². The van der Waals surface area contributed by atoms with E-state index < -0.39 is 16.1 Å². The van der Waals surface area contributed by atoms with Gasteiger partial charge in [-0.05, 0) is 71.4 Å². The Kier molecular flexibility index (Phi) is 6.76. The molecule has 0 spiro atoms. The van der Waals surface area contributed by atoms with Gasteiger partial charge in [-0.15, -0.1) is 0 Å². The molecule has 0 amide bonds. The first-order valence-corrected chi connectivity index (χ1v) is 24.8. The first-order chi connectivity index (χ1) is 23.6. The van der Waals surface area contributed by atoms with Gasteiger partial charge in [-0.3, -0.25) is 9.13 Å². The summed E-state index contributed by atoms with van der Waals surface area (Å²) >= 11 is 1.85. The average Bonchev–Trinajstić information content (AvgIpc) is 3.59. The summed E-state index contributed by atoms with van der Waals surface area (Å²) in [6, 6.07) is 39.8. The quantitative estimate of drug-likeness (QED) is 0.129. The highest BCUT2D eigenvalue weighted by Crippen LogP contribution is 2.43. The van der Waals surface area contributed by atoms with E-state index in [0.29, 0.717) is 0 Å². The molecule has 0 fully saturated rings. The standard InChI is InChI=1S/C42H38N4SSi2/c1-48(2,3)41-31-15-13-17-34-39(31)40-32(42(41)49(4,5)6)24-28(26-36(40)46(34)38-19-10-12-23-44-38)47-27-20-21-30-29-14-7-8-16-33(29)45(35(30)25-27)37-18-9-11-22-43-37/h7-26H,1-6H3. The monoisotopic (exact) mass is 686 g/mol. The van der Waals surface area contributed by atoms with Crippen LogP contribution in [0.5, 0.6) is 0 Å². The SMILES string of the molecule is C[Si](C)(C)c1c([Si](C)(C)C)c2cc(Sc3ccc4c5ccccc5n(-c5ccccn5)c4c3)cc3c2c2c1cccc2n3-c1ccccn1. The molecule has 0 saturated heterocycles. The predicted molar refractivity (Wildman–Crippen MR) is 216 cm³/mol. The van der Waals surface area contributed by atoms with E-state index >= 15 is 0 Å². The van der Waals surface area contributed by atoms with Gasteiger partial charge in [0, 0.05) is 43.7 Å². The molecule has 4 nitrogen and oxygen atoms in total. The topological polar surface area (TPSA) is 35.6 Å². The molecule has 9 aromatic rings. The van der Waals surface area contributed by atoms with Crippen molar-refractivity contribution in [2.24, 2.45) is 0 Å². The summed E-state index contributed by atoms with van der Waals surface area (Å²) in [5.41, 5.74) is 4.81. The maximum Gasteiger partial charge on any atom is 0.137 e. The maximum atomic E-state index is 4.90. The van der Waals surface area contributed by atoms with E-state index in [0.717, 1.165) is 11.6 Å². The zero-order valence-corrected chi connectivity index (χ0v) is 31.6. The van der Waals surface area contributed by atoms with E-state index in [-0.39, 0.29) is 0 Å². The van der Waals surface area contributed by atoms with Crippen LogP contribution in [0.2, 0.25) is 39.3 Å². The number of aromatic nitrogens is 4. The number of rotatable bonds is 6. The summed E-state index contributed by atoms with van der Waals surface area (Å²) in [4.78, 5) is 12.1. The van der Waals surface area contributed by atoms with Gasteiger partial charge in [-0.25, -0.2) is 9.97 Å². The van der Waals surface area contributed by atoms with Crippen molar-refractivity contribution in [3.63, 3.8) is 0 Å². The predicted octanol–water partition coefficient (Wildman–Crippen LogP) is 10.5. The summed E-state index contributed by atoms with van der Waals surface area (Å²) in [5.74, 6) is 1.89. The second kappa shape index (κ2) is 10.9. The highest BCUT2D eigenvalue weighted by molar-refractivity contribution is 7.99. The van der Waals surface area contributed by atoms with Crippen LogP contribution in [0.4, 0.5) is 0 Å². The Bertz CT molecular complexity index is 2700. The van der Waals surface area contributed by atoms with Crippen molar-refractivity contribution in [3.05, 3.63) is 122 Å². The second-order valence-electron chi connectivity index (χ2n) is 15.2. The molecule has 49 heavy (non-hydrogen) atoms. The fourth-order valence-corrected chi connectivity index (χ4v) is 15.0. The zero-order chi connectivity index (χ0) is 33.7. The van der Waals surface area contributed by atoms with Crippen LogP contribution in [0.15, 0.2) is 131 Å². The summed E-state index contributed by atoms with van der Waals surface area (Å²) < 4.78 is 4.70. The molecule has 4 aromatic heterocycles. The summed E-state index contributed by atoms with van der Waals surface area (Å²) in [5, 5.41) is 11.4. The van der Waals surface area contributed by atoms with Crippen molar-refractivity contribution >= 4 is 92.7 Å². The summed E-state index contributed by atoms with van der Waals surface area (Å²) in [7, 11) is -3.57. The smallest absolute Gasteiger partial charge is 0.137 e. The molecule has 0 aliphatic rings. The lowest BCUT2D eigenvalue weighted by molar-refractivity contribution is 1.08. The maximum absolute atomic E-state index is 4.90. The Morgan fingerprint density at radius 2 is 1.00 bits per heavy atom. The van der Waals surface area contributed by atoms with Crippen LogP contribution in [0, 0.1) is 0 Å². The van der Waals surface area contributed by atoms with Gasteiger partial charge in [0.1, 0.15) is 11.6 Å². The number of fused-ring (bicyclic) bond motifs is 3. The molecule has 9 rings (SSSR count). The Hall–Kier alpha value is -4.70. The first-order valence-electron chi connectivity index (χ1n) is 17.0. The molecule has 0 aliphatic carbocycles. The van der Waals surface area contributed by atoms with Crippen molar-refractivity contribution in [2.45, 2.75) is 49.1 Å². The zero-order valence-electron chi connectivity index (χ0n) is 28.7. The Morgan fingerprint density at radius 1 is 0.449 bits per heavy atom. The third kappa shape index (κ3) is 4.71. The van der Waals surface area contributed by atoms with E-state index in [1.165, 1.54) is 64.2 Å². The van der Waals surface area contributed by atoms with Crippen molar-refractivity contribution in [3.8, 4) is 11.6 Å². The molecule has 0 saturated carbocycles. The number of hydrogen-bond acceptors (Lipinski definition) is 3. The van der Waals surface area contributed by atoms with Gasteiger partial charge in [0.25, 0.3) is 0 Å². The van der Waals surface area contributed by atoms with Crippen LogP contribution < -0.4 is 10.4 Å². The van der Waals surface area contributed by atoms with Crippen LogP contribution in [0.25, 0.3) is 66.0 Å². The number of para-hydroxylation sites is 1. The van der Waals surface area contributed by atoms with Crippen molar-refractivity contribution < 1.29 is 0 Å². The van der Waals surface area contributed by atoms with Crippen molar-refractivity contribution in [1.29, 1.82) is 0 Å². The Balaban J connectivity index is 1.34. The van der Waals surface area contributed by atoms with E-state index in [4.69, 9.17) is 9.97 Å². The average molecular weight is 687 g/mol. The van der Waals surface area contributed by atoms with Crippen LogP contribution in [-0.4, -0.2) is 35.2 Å². The van der Waals surface area contributed by atoms with Gasteiger partial charge in [0.2, 0.25) is 0 Å². The molecule has 0 atom stereocenters. The molecule has 0 bridgehead atoms. The van der Waals surface area contributed by atoms with Gasteiger partial charge >= 0.3 is 0 Å². The fourth-order valence-electron chi connectivity index (χ4n) is 8.07. The van der Waals surface area contributed by atoms with Gasteiger partial charge in [-0.1, -0.05) is 110 Å². The van der Waals surface area contributed by atoms with E-state index in [2.05, 4.69) is 145 Å². The third-order valence-electron chi connectivity index (χ3n) is 9.79. The Morgan fingerprint density at radius 3 is 1.67 bits per heavy atom. The third-order valence-corrected chi connectivity index (χ3v) is 15.0.